The van der Waals surface area contributed by atoms with Crippen LogP contribution in [0.25, 0.3) is 0 Å². The molecule has 1 aromatic rings. The molecule has 0 saturated carbocycles. The summed E-state index contributed by atoms with van der Waals surface area (Å²) in [5.41, 5.74) is 5.16. The standard InChI is InChI=1S/C12H15F3N2O2S.ClH/c1-12(6-16)2-3-17(7-12)20(18,19)11-9(14)4-8(13)5-10(11)15;/h4-5H,2-3,6-7,16H2,1H3;1H. The van der Waals surface area contributed by atoms with Crippen molar-refractivity contribution in [1.29, 1.82) is 0 Å². The normalized spacial score (nSPS) is 23.1. The van der Waals surface area contributed by atoms with Crippen LogP contribution in [-0.4, -0.2) is 32.4 Å². The van der Waals surface area contributed by atoms with E-state index in [4.69, 9.17) is 5.73 Å². The molecule has 0 bridgehead atoms. The molecule has 2 N–H and O–H groups in total. The molecular weight excluding hydrogens is 329 g/mol. The van der Waals surface area contributed by atoms with Gasteiger partial charge in [0, 0.05) is 25.2 Å². The van der Waals surface area contributed by atoms with Crippen LogP contribution in [0.15, 0.2) is 17.0 Å². The van der Waals surface area contributed by atoms with E-state index in [2.05, 4.69) is 0 Å². The molecule has 1 aliphatic heterocycles. The summed E-state index contributed by atoms with van der Waals surface area (Å²) in [4.78, 5) is -1.11. The number of nitrogens with two attached hydrogens (primary N) is 1. The van der Waals surface area contributed by atoms with Crippen LogP contribution in [0.4, 0.5) is 13.2 Å². The zero-order chi connectivity index (χ0) is 15.1. The molecular formula is C12H16ClF3N2O2S. The Morgan fingerprint density at radius 3 is 2.24 bits per heavy atom. The van der Waals surface area contributed by atoms with Crippen molar-refractivity contribution < 1.29 is 21.6 Å². The Morgan fingerprint density at radius 1 is 1.29 bits per heavy atom. The van der Waals surface area contributed by atoms with Crippen LogP contribution in [0, 0.1) is 22.9 Å². The molecule has 0 spiro atoms. The first-order chi connectivity index (χ1) is 9.19. The smallest absolute Gasteiger partial charge is 0.248 e. The third-order valence-corrected chi connectivity index (χ3v) is 5.47. The molecule has 120 valence electrons. The van der Waals surface area contributed by atoms with Crippen molar-refractivity contribution in [2.45, 2.75) is 18.2 Å². The Morgan fingerprint density at radius 2 is 1.81 bits per heavy atom. The maximum Gasteiger partial charge on any atom is 0.248 e. The Bertz CT molecular complexity index is 618. The molecule has 1 aromatic carbocycles. The number of benzene rings is 1. The van der Waals surface area contributed by atoms with Gasteiger partial charge in [-0.2, -0.15) is 4.31 Å². The van der Waals surface area contributed by atoms with Gasteiger partial charge in [-0.1, -0.05) is 6.92 Å². The molecule has 21 heavy (non-hydrogen) atoms. The van der Waals surface area contributed by atoms with Crippen LogP contribution in [-0.2, 0) is 10.0 Å². The number of halogens is 4. The van der Waals surface area contributed by atoms with Crippen molar-refractivity contribution in [3.63, 3.8) is 0 Å². The number of hydrogen-bond donors (Lipinski definition) is 1. The van der Waals surface area contributed by atoms with Crippen molar-refractivity contribution in [2.24, 2.45) is 11.1 Å². The Balaban J connectivity index is 0.00000220. The maximum atomic E-state index is 13.6. The van der Waals surface area contributed by atoms with E-state index in [9.17, 15) is 21.6 Å². The third kappa shape index (κ3) is 3.33. The molecule has 0 aliphatic carbocycles. The van der Waals surface area contributed by atoms with Crippen LogP contribution < -0.4 is 5.73 Å². The van der Waals surface area contributed by atoms with E-state index in [1.165, 1.54) is 0 Å². The van der Waals surface area contributed by atoms with Crippen molar-refractivity contribution in [2.75, 3.05) is 19.6 Å². The Labute approximate surface area is 127 Å². The Kier molecular flexibility index (Phi) is 5.31. The zero-order valence-electron chi connectivity index (χ0n) is 11.3. The van der Waals surface area contributed by atoms with E-state index in [-0.39, 0.29) is 32.0 Å². The summed E-state index contributed by atoms with van der Waals surface area (Å²) in [5.74, 6) is -4.01. The lowest BCUT2D eigenvalue weighted by molar-refractivity contribution is 0.348. The van der Waals surface area contributed by atoms with Gasteiger partial charge in [-0.3, -0.25) is 0 Å². The van der Waals surface area contributed by atoms with Crippen molar-refractivity contribution in [1.82, 2.24) is 4.31 Å². The maximum absolute atomic E-state index is 13.6. The molecule has 0 amide bonds. The molecule has 1 fully saturated rings. The predicted molar refractivity (Wildman–Crippen MR) is 74.1 cm³/mol. The number of sulfonamides is 1. The molecule has 0 radical (unpaired) electrons. The van der Waals surface area contributed by atoms with Gasteiger partial charge in [-0.25, -0.2) is 21.6 Å². The van der Waals surface area contributed by atoms with Crippen molar-refractivity contribution >= 4 is 22.4 Å². The molecule has 0 aromatic heterocycles. The summed E-state index contributed by atoms with van der Waals surface area (Å²) in [6, 6.07) is 0.711. The van der Waals surface area contributed by atoms with Crippen LogP contribution in [0.5, 0.6) is 0 Å². The van der Waals surface area contributed by atoms with Crippen LogP contribution in [0.3, 0.4) is 0 Å². The van der Waals surface area contributed by atoms with Gasteiger partial charge in [0.05, 0.1) is 0 Å². The lowest BCUT2D eigenvalue weighted by Crippen LogP contribution is -2.35. The molecule has 1 unspecified atom stereocenters. The van der Waals surface area contributed by atoms with Crippen LogP contribution in [0.2, 0.25) is 0 Å². The second-order valence-electron chi connectivity index (χ2n) is 5.30. The SMILES string of the molecule is CC1(CN)CCN(S(=O)(=O)c2c(F)cc(F)cc2F)C1.Cl. The van der Waals surface area contributed by atoms with Gasteiger partial charge >= 0.3 is 0 Å². The Hall–Kier alpha value is -0.830. The summed E-state index contributed by atoms with van der Waals surface area (Å²) in [5, 5.41) is 0. The molecule has 2 rings (SSSR count). The van der Waals surface area contributed by atoms with Crippen molar-refractivity contribution in [3.8, 4) is 0 Å². The average molecular weight is 345 g/mol. The summed E-state index contributed by atoms with van der Waals surface area (Å²) < 4.78 is 65.6. The number of hydrogen-bond acceptors (Lipinski definition) is 3. The van der Waals surface area contributed by atoms with E-state index in [0.717, 1.165) is 4.31 Å². The average Bonchev–Trinajstić information content (AvgIpc) is 2.71. The first-order valence-corrected chi connectivity index (χ1v) is 7.48. The zero-order valence-corrected chi connectivity index (χ0v) is 12.9. The van der Waals surface area contributed by atoms with E-state index < -0.39 is 37.8 Å². The fraction of sp³-hybridized carbons (Fsp3) is 0.500. The highest BCUT2D eigenvalue weighted by Gasteiger charge is 2.41. The molecule has 1 aliphatic rings. The molecule has 1 atom stereocenters. The minimum atomic E-state index is -4.34. The third-order valence-electron chi connectivity index (χ3n) is 3.58. The van der Waals surface area contributed by atoms with E-state index >= 15 is 0 Å². The highest BCUT2D eigenvalue weighted by molar-refractivity contribution is 7.89. The predicted octanol–water partition coefficient (Wildman–Crippen LogP) is 1.89. The fourth-order valence-corrected chi connectivity index (χ4v) is 3.94. The van der Waals surface area contributed by atoms with E-state index in [0.29, 0.717) is 18.6 Å². The monoisotopic (exact) mass is 344 g/mol. The van der Waals surface area contributed by atoms with E-state index in [1.54, 1.807) is 6.92 Å². The van der Waals surface area contributed by atoms with Gasteiger partial charge in [-0.05, 0) is 18.4 Å². The lowest BCUT2D eigenvalue weighted by atomic mass is 9.90. The quantitative estimate of drug-likeness (QED) is 0.910. The highest BCUT2D eigenvalue weighted by Crippen LogP contribution is 2.34. The van der Waals surface area contributed by atoms with Crippen LogP contribution in [0.1, 0.15) is 13.3 Å². The second kappa shape index (κ2) is 6.12. The summed E-state index contributed by atoms with van der Waals surface area (Å²) in [6.07, 6.45) is 0.507. The van der Waals surface area contributed by atoms with Gasteiger partial charge in [0.2, 0.25) is 10.0 Å². The van der Waals surface area contributed by atoms with Gasteiger partial charge in [0.25, 0.3) is 0 Å². The summed E-state index contributed by atoms with van der Waals surface area (Å²) in [7, 11) is -4.34. The summed E-state index contributed by atoms with van der Waals surface area (Å²) >= 11 is 0. The first-order valence-electron chi connectivity index (χ1n) is 6.04. The van der Waals surface area contributed by atoms with Gasteiger partial charge < -0.3 is 5.73 Å². The molecule has 1 saturated heterocycles. The minimum absolute atomic E-state index is 0. The largest absolute Gasteiger partial charge is 0.330 e. The highest BCUT2D eigenvalue weighted by atomic mass is 35.5. The van der Waals surface area contributed by atoms with E-state index in [1.807, 2.05) is 0 Å². The second-order valence-corrected chi connectivity index (χ2v) is 7.18. The topological polar surface area (TPSA) is 63.4 Å². The summed E-state index contributed by atoms with van der Waals surface area (Å²) in [6.45, 7) is 2.29. The van der Waals surface area contributed by atoms with Gasteiger partial charge in [0.15, 0.2) is 4.90 Å². The number of rotatable bonds is 3. The first kappa shape index (κ1) is 18.2. The molecule has 9 heteroatoms. The van der Waals surface area contributed by atoms with Crippen LogP contribution >= 0.6 is 12.4 Å². The van der Waals surface area contributed by atoms with Gasteiger partial charge in [-0.15, -0.1) is 12.4 Å². The molecule has 4 nitrogen and oxygen atoms in total. The molecule has 1 heterocycles. The number of nitrogens with zero attached hydrogens (tertiary/aromatic N) is 1. The van der Waals surface area contributed by atoms with Crippen molar-refractivity contribution in [3.05, 3.63) is 29.6 Å². The fourth-order valence-electron chi connectivity index (χ4n) is 2.25. The van der Waals surface area contributed by atoms with Gasteiger partial charge in [0.1, 0.15) is 17.5 Å². The lowest BCUT2D eigenvalue weighted by Gasteiger charge is -2.22. The minimum Gasteiger partial charge on any atom is -0.330 e.